The van der Waals surface area contributed by atoms with E-state index in [1.54, 1.807) is 35.0 Å². The summed E-state index contributed by atoms with van der Waals surface area (Å²) >= 11 is 0. The van der Waals surface area contributed by atoms with Crippen molar-refractivity contribution in [3.8, 4) is 0 Å². The van der Waals surface area contributed by atoms with Crippen molar-refractivity contribution < 1.29 is 9.59 Å². The van der Waals surface area contributed by atoms with Crippen LogP contribution in [0.1, 0.15) is 21.6 Å². The molecule has 1 heterocycles. The lowest BCUT2D eigenvalue weighted by molar-refractivity contribution is -0.112. The minimum atomic E-state index is -0.633. The molecule has 24 heavy (non-hydrogen) atoms. The number of aryl methyl sites for hydroxylation is 1. The lowest BCUT2D eigenvalue weighted by Gasteiger charge is -2.09. The molecule has 1 N–H and O–H groups in total. The van der Waals surface area contributed by atoms with Crippen LogP contribution in [0.5, 0.6) is 0 Å². The standard InChI is InChI=1S/C20H18N2O2/c1-15-9-11-17(12-10-15)21-20(24)19(23)18-8-5-13-22(18)14-16-6-3-2-4-7-16/h2-13H,14H2,1H3,(H,21,24). The first-order chi connectivity index (χ1) is 11.6. The van der Waals surface area contributed by atoms with Gasteiger partial charge in [-0.25, -0.2) is 0 Å². The van der Waals surface area contributed by atoms with Crippen molar-refractivity contribution in [1.82, 2.24) is 4.57 Å². The molecule has 0 atom stereocenters. The van der Waals surface area contributed by atoms with Crippen molar-refractivity contribution in [3.63, 3.8) is 0 Å². The summed E-state index contributed by atoms with van der Waals surface area (Å²) in [5, 5.41) is 2.65. The zero-order chi connectivity index (χ0) is 16.9. The maximum absolute atomic E-state index is 12.5. The average Bonchev–Trinajstić information content (AvgIpc) is 3.05. The third kappa shape index (κ3) is 3.60. The third-order valence-electron chi connectivity index (χ3n) is 3.77. The van der Waals surface area contributed by atoms with Crippen LogP contribution in [-0.4, -0.2) is 16.3 Å². The Kier molecular flexibility index (Phi) is 4.57. The van der Waals surface area contributed by atoms with E-state index in [4.69, 9.17) is 0 Å². The average molecular weight is 318 g/mol. The normalized spacial score (nSPS) is 10.4. The number of Topliss-reactive ketones (excluding diaryl/α,β-unsaturated/α-hetero) is 1. The predicted octanol–water partition coefficient (Wildman–Crippen LogP) is 3.67. The minimum Gasteiger partial charge on any atom is -0.340 e. The molecule has 3 aromatic rings. The van der Waals surface area contributed by atoms with E-state index in [1.807, 2.05) is 49.4 Å². The molecule has 1 amide bonds. The van der Waals surface area contributed by atoms with Crippen LogP contribution in [0.15, 0.2) is 72.9 Å². The second-order valence-electron chi connectivity index (χ2n) is 5.66. The van der Waals surface area contributed by atoms with Gasteiger partial charge in [-0.1, -0.05) is 48.0 Å². The second kappa shape index (κ2) is 6.96. The van der Waals surface area contributed by atoms with E-state index in [-0.39, 0.29) is 0 Å². The number of benzene rings is 2. The number of rotatable bonds is 5. The topological polar surface area (TPSA) is 51.1 Å². The van der Waals surface area contributed by atoms with E-state index in [0.717, 1.165) is 11.1 Å². The van der Waals surface area contributed by atoms with Gasteiger partial charge in [-0.2, -0.15) is 0 Å². The summed E-state index contributed by atoms with van der Waals surface area (Å²) in [6, 6.07) is 20.6. The highest BCUT2D eigenvalue weighted by atomic mass is 16.2. The molecule has 0 fully saturated rings. The van der Waals surface area contributed by atoms with Gasteiger partial charge in [-0.3, -0.25) is 9.59 Å². The molecule has 4 heteroatoms. The largest absolute Gasteiger partial charge is 0.340 e. The van der Waals surface area contributed by atoms with Crippen LogP contribution in [0.3, 0.4) is 0 Å². The molecule has 0 aliphatic rings. The second-order valence-corrected chi connectivity index (χ2v) is 5.66. The fourth-order valence-corrected chi connectivity index (χ4v) is 2.48. The van der Waals surface area contributed by atoms with Gasteiger partial charge in [-0.15, -0.1) is 0 Å². The van der Waals surface area contributed by atoms with Gasteiger partial charge in [0.1, 0.15) is 0 Å². The SMILES string of the molecule is Cc1ccc(NC(=O)C(=O)c2cccn2Cc2ccccc2)cc1. The van der Waals surface area contributed by atoms with Crippen molar-refractivity contribution in [1.29, 1.82) is 0 Å². The highest BCUT2D eigenvalue weighted by molar-refractivity contribution is 6.46. The summed E-state index contributed by atoms with van der Waals surface area (Å²) < 4.78 is 1.78. The molecule has 0 aliphatic heterocycles. The lowest BCUT2D eigenvalue weighted by atomic mass is 10.2. The summed E-state index contributed by atoms with van der Waals surface area (Å²) in [7, 11) is 0. The first kappa shape index (κ1) is 15.7. The van der Waals surface area contributed by atoms with E-state index >= 15 is 0 Å². The number of hydrogen-bond acceptors (Lipinski definition) is 2. The van der Waals surface area contributed by atoms with Crippen molar-refractivity contribution in [2.24, 2.45) is 0 Å². The number of hydrogen-bond donors (Lipinski definition) is 1. The molecular formula is C20H18N2O2. The van der Waals surface area contributed by atoms with Gasteiger partial charge < -0.3 is 9.88 Å². The van der Waals surface area contributed by atoms with E-state index < -0.39 is 11.7 Å². The van der Waals surface area contributed by atoms with Gasteiger partial charge in [0.25, 0.3) is 11.7 Å². The van der Waals surface area contributed by atoms with Crippen LogP contribution in [0, 0.1) is 6.92 Å². The Labute approximate surface area is 140 Å². The Morgan fingerprint density at radius 1 is 0.917 bits per heavy atom. The Morgan fingerprint density at radius 3 is 2.33 bits per heavy atom. The van der Waals surface area contributed by atoms with Crippen molar-refractivity contribution >= 4 is 17.4 Å². The first-order valence-electron chi connectivity index (χ1n) is 7.75. The Hall–Kier alpha value is -3.14. The number of anilines is 1. The molecule has 0 unspecified atom stereocenters. The van der Waals surface area contributed by atoms with Gasteiger partial charge in [0.2, 0.25) is 0 Å². The summed E-state index contributed by atoms with van der Waals surface area (Å²) in [5.41, 5.74) is 3.15. The van der Waals surface area contributed by atoms with Crippen molar-refractivity contribution in [3.05, 3.63) is 89.7 Å². The fourth-order valence-electron chi connectivity index (χ4n) is 2.48. The number of nitrogens with one attached hydrogen (secondary N) is 1. The number of carbonyl (C=O) groups excluding carboxylic acids is 2. The Bertz CT molecular complexity index is 849. The number of nitrogens with zero attached hydrogens (tertiary/aromatic N) is 1. The van der Waals surface area contributed by atoms with Crippen molar-refractivity contribution in [2.75, 3.05) is 5.32 Å². The van der Waals surface area contributed by atoms with Crippen LogP contribution in [0.25, 0.3) is 0 Å². The van der Waals surface area contributed by atoms with Crippen LogP contribution < -0.4 is 5.32 Å². The number of ketones is 1. The maximum Gasteiger partial charge on any atom is 0.298 e. The zero-order valence-corrected chi connectivity index (χ0v) is 13.4. The van der Waals surface area contributed by atoms with Crippen LogP contribution in [0.2, 0.25) is 0 Å². The van der Waals surface area contributed by atoms with Gasteiger partial charge >= 0.3 is 0 Å². The summed E-state index contributed by atoms with van der Waals surface area (Å²) in [5.74, 6) is -1.18. The number of aromatic nitrogens is 1. The summed E-state index contributed by atoms with van der Waals surface area (Å²) in [6.45, 7) is 2.51. The highest BCUT2D eigenvalue weighted by Crippen LogP contribution is 2.12. The third-order valence-corrected chi connectivity index (χ3v) is 3.77. The molecule has 0 spiro atoms. The quantitative estimate of drug-likeness (QED) is 0.576. The summed E-state index contributed by atoms with van der Waals surface area (Å²) in [4.78, 5) is 24.7. The van der Waals surface area contributed by atoms with Gasteiger partial charge in [-0.05, 0) is 36.8 Å². The van der Waals surface area contributed by atoms with E-state index in [0.29, 0.717) is 17.9 Å². The first-order valence-corrected chi connectivity index (χ1v) is 7.75. The monoisotopic (exact) mass is 318 g/mol. The lowest BCUT2D eigenvalue weighted by Crippen LogP contribution is -2.25. The number of amides is 1. The van der Waals surface area contributed by atoms with E-state index in [2.05, 4.69) is 5.32 Å². The Balaban J connectivity index is 1.74. The van der Waals surface area contributed by atoms with Gasteiger partial charge in [0.15, 0.2) is 0 Å². The van der Waals surface area contributed by atoms with Crippen LogP contribution >= 0.6 is 0 Å². The highest BCUT2D eigenvalue weighted by Gasteiger charge is 2.19. The maximum atomic E-state index is 12.5. The molecule has 0 saturated carbocycles. The predicted molar refractivity (Wildman–Crippen MR) is 94.1 cm³/mol. The molecule has 0 radical (unpaired) electrons. The summed E-state index contributed by atoms with van der Waals surface area (Å²) in [6.07, 6.45) is 1.80. The molecule has 0 bridgehead atoms. The molecular weight excluding hydrogens is 300 g/mol. The molecule has 4 nitrogen and oxygen atoms in total. The van der Waals surface area contributed by atoms with E-state index in [1.165, 1.54) is 0 Å². The Morgan fingerprint density at radius 2 is 1.62 bits per heavy atom. The molecule has 0 aliphatic carbocycles. The molecule has 2 aromatic carbocycles. The fraction of sp³-hybridized carbons (Fsp3) is 0.100. The van der Waals surface area contributed by atoms with Gasteiger partial charge in [0, 0.05) is 18.4 Å². The minimum absolute atomic E-state index is 0.378. The number of carbonyl (C=O) groups is 2. The van der Waals surface area contributed by atoms with Crippen molar-refractivity contribution in [2.45, 2.75) is 13.5 Å². The molecule has 1 aromatic heterocycles. The molecule has 0 saturated heterocycles. The van der Waals surface area contributed by atoms with Gasteiger partial charge in [0.05, 0.1) is 5.69 Å². The van der Waals surface area contributed by atoms with Crippen LogP contribution in [0.4, 0.5) is 5.69 Å². The van der Waals surface area contributed by atoms with E-state index in [9.17, 15) is 9.59 Å². The van der Waals surface area contributed by atoms with Crippen LogP contribution in [-0.2, 0) is 11.3 Å². The molecule has 120 valence electrons. The zero-order valence-electron chi connectivity index (χ0n) is 13.4. The molecule has 3 rings (SSSR count). The smallest absolute Gasteiger partial charge is 0.298 e.